The maximum atomic E-state index is 10.1. The van der Waals surface area contributed by atoms with Crippen LogP contribution >= 0.6 is 0 Å². The molecule has 0 radical (unpaired) electrons. The minimum Gasteiger partial charge on any atom is -0.480 e. The summed E-state index contributed by atoms with van der Waals surface area (Å²) in [5, 5.41) is 17.9. The highest BCUT2D eigenvalue weighted by atomic mass is 16.5. The maximum absolute atomic E-state index is 10.1. The number of rotatable bonds is 4. The van der Waals surface area contributed by atoms with Crippen molar-refractivity contribution in [1.29, 1.82) is 0 Å². The lowest BCUT2D eigenvalue weighted by Crippen LogP contribution is -2.18. The lowest BCUT2D eigenvalue weighted by molar-refractivity contribution is 0.0425. The fourth-order valence-electron chi connectivity index (χ4n) is 2.04. The summed E-state index contributed by atoms with van der Waals surface area (Å²) in [5.41, 5.74) is 0.609. The summed E-state index contributed by atoms with van der Waals surface area (Å²) < 4.78 is 10.2. The second-order valence-corrected chi connectivity index (χ2v) is 4.31. The van der Waals surface area contributed by atoms with E-state index in [9.17, 15) is 5.11 Å². The third kappa shape index (κ3) is 3.38. The van der Waals surface area contributed by atoms with Gasteiger partial charge >= 0.3 is 0 Å². The first kappa shape index (κ1) is 12.3. The van der Waals surface area contributed by atoms with E-state index in [-0.39, 0.29) is 0 Å². The van der Waals surface area contributed by atoms with E-state index in [1.54, 1.807) is 19.2 Å². The molecular weight excluding hydrogens is 220 g/mol. The van der Waals surface area contributed by atoms with E-state index >= 15 is 0 Å². The Morgan fingerprint density at radius 3 is 2.76 bits per heavy atom. The average Bonchev–Trinajstić information content (AvgIpc) is 2.40. The second-order valence-electron chi connectivity index (χ2n) is 4.31. The van der Waals surface area contributed by atoms with E-state index in [1.165, 1.54) is 0 Å². The largest absolute Gasteiger partial charge is 0.480 e. The third-order valence-corrected chi connectivity index (χ3v) is 3.11. The Kier molecular flexibility index (Phi) is 4.28. The standard InChI is InChI=1S/C12H18N2O3/c1-16-12-3-2-10(13-14-12)11(15)8-9-4-6-17-7-5-9/h2-3,9,11,15H,4-8H2,1H3. The van der Waals surface area contributed by atoms with Crippen LogP contribution < -0.4 is 4.74 Å². The van der Waals surface area contributed by atoms with Crippen molar-refractivity contribution in [1.82, 2.24) is 10.2 Å². The molecule has 1 N–H and O–H groups in total. The van der Waals surface area contributed by atoms with E-state index in [1.807, 2.05) is 0 Å². The number of aliphatic hydroxyl groups is 1. The van der Waals surface area contributed by atoms with Gasteiger partial charge in [0.2, 0.25) is 5.88 Å². The first-order chi connectivity index (χ1) is 8.29. The van der Waals surface area contributed by atoms with Crippen molar-refractivity contribution in [3.63, 3.8) is 0 Å². The summed E-state index contributed by atoms with van der Waals surface area (Å²) in [6, 6.07) is 3.48. The summed E-state index contributed by atoms with van der Waals surface area (Å²) in [6.07, 6.45) is 2.21. The number of hydrogen-bond acceptors (Lipinski definition) is 5. The van der Waals surface area contributed by atoms with Crippen LogP contribution in [-0.4, -0.2) is 35.6 Å². The molecule has 5 heteroatoms. The number of aliphatic hydroxyl groups excluding tert-OH is 1. The van der Waals surface area contributed by atoms with Gasteiger partial charge in [0.25, 0.3) is 0 Å². The number of hydrogen-bond donors (Lipinski definition) is 1. The zero-order valence-electron chi connectivity index (χ0n) is 10.0. The summed E-state index contributed by atoms with van der Waals surface area (Å²) in [6.45, 7) is 1.59. The van der Waals surface area contributed by atoms with Gasteiger partial charge in [0.1, 0.15) is 0 Å². The monoisotopic (exact) mass is 238 g/mol. The van der Waals surface area contributed by atoms with Crippen LogP contribution in [0.4, 0.5) is 0 Å². The van der Waals surface area contributed by atoms with E-state index in [0.29, 0.717) is 17.5 Å². The second kappa shape index (κ2) is 5.93. The normalized spacial score (nSPS) is 18.9. The van der Waals surface area contributed by atoms with Crippen molar-refractivity contribution in [2.24, 2.45) is 5.92 Å². The first-order valence-corrected chi connectivity index (χ1v) is 5.93. The van der Waals surface area contributed by atoms with Crippen LogP contribution in [0, 0.1) is 5.92 Å². The van der Waals surface area contributed by atoms with Crippen LogP contribution in [0.2, 0.25) is 0 Å². The highest BCUT2D eigenvalue weighted by Gasteiger charge is 2.19. The highest BCUT2D eigenvalue weighted by Crippen LogP contribution is 2.26. The van der Waals surface area contributed by atoms with Crippen LogP contribution in [-0.2, 0) is 4.74 Å². The predicted molar refractivity (Wildman–Crippen MR) is 61.7 cm³/mol. The molecule has 1 aliphatic rings. The quantitative estimate of drug-likeness (QED) is 0.857. The van der Waals surface area contributed by atoms with Gasteiger partial charge in [-0.25, -0.2) is 0 Å². The molecule has 1 aromatic rings. The first-order valence-electron chi connectivity index (χ1n) is 5.93. The molecule has 0 aliphatic carbocycles. The molecule has 0 spiro atoms. The van der Waals surface area contributed by atoms with Gasteiger partial charge in [0.05, 0.1) is 18.9 Å². The van der Waals surface area contributed by atoms with Gasteiger partial charge in [-0.3, -0.25) is 0 Å². The van der Waals surface area contributed by atoms with Gasteiger partial charge in [0, 0.05) is 19.3 Å². The molecule has 2 heterocycles. The molecule has 17 heavy (non-hydrogen) atoms. The average molecular weight is 238 g/mol. The van der Waals surface area contributed by atoms with Crippen LogP contribution in [0.25, 0.3) is 0 Å². The molecular formula is C12H18N2O3. The molecule has 1 aromatic heterocycles. The number of nitrogens with zero attached hydrogens (tertiary/aromatic N) is 2. The molecule has 0 aromatic carbocycles. The van der Waals surface area contributed by atoms with Crippen LogP contribution in [0.1, 0.15) is 31.1 Å². The summed E-state index contributed by atoms with van der Waals surface area (Å²) in [5.74, 6) is 0.981. The van der Waals surface area contributed by atoms with Crippen LogP contribution in [0.15, 0.2) is 12.1 Å². The highest BCUT2D eigenvalue weighted by molar-refractivity contribution is 5.12. The van der Waals surface area contributed by atoms with Gasteiger partial charge in [0.15, 0.2) is 0 Å². The van der Waals surface area contributed by atoms with Crippen LogP contribution in [0.5, 0.6) is 5.88 Å². The maximum Gasteiger partial charge on any atom is 0.233 e. The zero-order valence-corrected chi connectivity index (χ0v) is 10.0. The summed E-state index contributed by atoms with van der Waals surface area (Å²) >= 11 is 0. The number of aromatic nitrogens is 2. The zero-order chi connectivity index (χ0) is 12.1. The molecule has 1 fully saturated rings. The molecule has 1 unspecified atom stereocenters. The minimum atomic E-state index is -0.545. The molecule has 0 saturated carbocycles. The SMILES string of the molecule is COc1ccc(C(O)CC2CCOCC2)nn1. The van der Waals surface area contributed by atoms with E-state index in [2.05, 4.69) is 10.2 Å². The van der Waals surface area contributed by atoms with E-state index < -0.39 is 6.10 Å². The minimum absolute atomic E-state index is 0.465. The van der Waals surface area contributed by atoms with Crippen molar-refractivity contribution in [2.45, 2.75) is 25.4 Å². The fraction of sp³-hybridized carbons (Fsp3) is 0.667. The van der Waals surface area contributed by atoms with Gasteiger partial charge < -0.3 is 14.6 Å². The fourth-order valence-corrected chi connectivity index (χ4v) is 2.04. The van der Waals surface area contributed by atoms with Crippen molar-refractivity contribution in [3.05, 3.63) is 17.8 Å². The lowest BCUT2D eigenvalue weighted by atomic mass is 9.92. The van der Waals surface area contributed by atoms with Gasteiger partial charge in [-0.05, 0) is 31.2 Å². The van der Waals surface area contributed by atoms with Gasteiger partial charge in [-0.2, -0.15) is 0 Å². The van der Waals surface area contributed by atoms with Crippen molar-refractivity contribution in [2.75, 3.05) is 20.3 Å². The molecule has 2 rings (SSSR count). The van der Waals surface area contributed by atoms with Crippen LogP contribution in [0.3, 0.4) is 0 Å². The third-order valence-electron chi connectivity index (χ3n) is 3.11. The number of methoxy groups -OCH3 is 1. The molecule has 5 nitrogen and oxygen atoms in total. The topological polar surface area (TPSA) is 64.5 Å². The smallest absolute Gasteiger partial charge is 0.233 e. The van der Waals surface area contributed by atoms with E-state index in [4.69, 9.17) is 9.47 Å². The number of ether oxygens (including phenoxy) is 2. The molecule has 1 aliphatic heterocycles. The van der Waals surface area contributed by atoms with Gasteiger partial charge in [-0.15, -0.1) is 10.2 Å². The Labute approximate surface area is 101 Å². The Hall–Kier alpha value is -1.20. The summed E-state index contributed by atoms with van der Waals surface area (Å²) in [4.78, 5) is 0. The lowest BCUT2D eigenvalue weighted by Gasteiger charge is -2.23. The Morgan fingerprint density at radius 1 is 1.41 bits per heavy atom. The Bertz CT molecular complexity index is 336. The Morgan fingerprint density at radius 2 is 2.18 bits per heavy atom. The van der Waals surface area contributed by atoms with Crippen molar-refractivity contribution in [3.8, 4) is 5.88 Å². The van der Waals surface area contributed by atoms with E-state index in [0.717, 1.165) is 32.5 Å². The molecule has 0 bridgehead atoms. The molecule has 94 valence electrons. The van der Waals surface area contributed by atoms with Crippen molar-refractivity contribution >= 4 is 0 Å². The molecule has 1 saturated heterocycles. The van der Waals surface area contributed by atoms with Crippen molar-refractivity contribution < 1.29 is 14.6 Å². The predicted octanol–water partition coefficient (Wildman–Crippen LogP) is 1.34. The molecule has 0 amide bonds. The molecule has 1 atom stereocenters. The van der Waals surface area contributed by atoms with Gasteiger partial charge in [-0.1, -0.05) is 0 Å². The summed E-state index contributed by atoms with van der Waals surface area (Å²) in [7, 11) is 1.54. The Balaban J connectivity index is 1.91.